The molecule has 4 rings (SSSR count). The van der Waals surface area contributed by atoms with Gasteiger partial charge in [-0.15, -0.1) is 5.10 Å². The molecule has 1 aliphatic rings. The Kier molecular flexibility index (Phi) is 6.46. The summed E-state index contributed by atoms with van der Waals surface area (Å²) < 4.78 is 6.82. The van der Waals surface area contributed by atoms with Crippen LogP contribution in [-0.2, 0) is 6.54 Å². The summed E-state index contributed by atoms with van der Waals surface area (Å²) >= 11 is 3.33. The van der Waals surface area contributed by atoms with Crippen molar-refractivity contribution in [3.8, 4) is 11.6 Å². The van der Waals surface area contributed by atoms with Crippen molar-refractivity contribution >= 4 is 33.9 Å². The van der Waals surface area contributed by atoms with Crippen LogP contribution in [0.1, 0.15) is 47.9 Å². The Morgan fingerprint density at radius 3 is 3.03 bits per heavy atom. The molecule has 2 aromatic heterocycles. The molecule has 12 nitrogen and oxygen atoms in total. The van der Waals surface area contributed by atoms with E-state index < -0.39 is 5.91 Å². The number of carbonyl (C=O) groups is 1. The van der Waals surface area contributed by atoms with Gasteiger partial charge in [-0.2, -0.15) is 9.78 Å². The Hall–Kier alpha value is -3.32. The summed E-state index contributed by atoms with van der Waals surface area (Å²) in [6.45, 7) is 3.45. The molecule has 1 aliphatic heterocycles. The molecule has 1 amide bonds. The predicted octanol–water partition coefficient (Wildman–Crippen LogP) is 1.84. The number of hydrogen-bond acceptors (Lipinski definition) is 10. The lowest BCUT2D eigenvalue weighted by Crippen LogP contribution is -2.38. The molecule has 1 saturated heterocycles. The van der Waals surface area contributed by atoms with Gasteiger partial charge >= 0.3 is 0 Å². The van der Waals surface area contributed by atoms with Crippen molar-refractivity contribution in [1.82, 2.24) is 35.6 Å². The molecule has 32 heavy (non-hydrogen) atoms. The van der Waals surface area contributed by atoms with Gasteiger partial charge in [0, 0.05) is 22.6 Å². The number of aromatic hydroxyl groups is 1. The largest absolute Gasteiger partial charge is 0.507 e. The Bertz CT molecular complexity index is 1140. The summed E-state index contributed by atoms with van der Waals surface area (Å²) in [5.74, 6) is -0.320. The zero-order valence-electron chi connectivity index (χ0n) is 17.3. The molecule has 168 valence electrons. The van der Waals surface area contributed by atoms with Crippen molar-refractivity contribution < 1.29 is 14.5 Å². The zero-order chi connectivity index (χ0) is 22.7. The van der Waals surface area contributed by atoms with Gasteiger partial charge in [0.25, 0.3) is 5.91 Å². The number of nitrogens with two attached hydrogens (primary N) is 1. The molecule has 3 aromatic rings. The van der Waals surface area contributed by atoms with Crippen molar-refractivity contribution in [3.05, 3.63) is 39.6 Å². The van der Waals surface area contributed by atoms with E-state index in [2.05, 4.69) is 58.9 Å². The second-order valence-electron chi connectivity index (χ2n) is 7.49. The van der Waals surface area contributed by atoms with Crippen molar-refractivity contribution in [2.75, 3.05) is 12.3 Å². The van der Waals surface area contributed by atoms with Crippen LogP contribution < -0.4 is 11.2 Å². The zero-order valence-corrected chi connectivity index (χ0v) is 18.9. The lowest BCUT2D eigenvalue weighted by atomic mass is 10.0. The third-order valence-corrected chi connectivity index (χ3v) is 5.82. The fraction of sp³-hybridized carbons (Fsp3) is 0.368. The number of aromatic nitrogens is 5. The molecular formula is C19H22BrN9O3. The van der Waals surface area contributed by atoms with Gasteiger partial charge in [0.15, 0.2) is 5.69 Å². The summed E-state index contributed by atoms with van der Waals surface area (Å²) in [5, 5.41) is 29.3. The van der Waals surface area contributed by atoms with Crippen LogP contribution in [0.3, 0.4) is 0 Å². The van der Waals surface area contributed by atoms with Gasteiger partial charge in [0.2, 0.25) is 11.6 Å². The summed E-state index contributed by atoms with van der Waals surface area (Å²) in [7, 11) is 0. The molecule has 0 bridgehead atoms. The van der Waals surface area contributed by atoms with E-state index >= 15 is 0 Å². The average molecular weight is 504 g/mol. The number of nitrogens with one attached hydrogen (secondary N) is 1. The van der Waals surface area contributed by atoms with Gasteiger partial charge in [-0.25, -0.2) is 10.1 Å². The van der Waals surface area contributed by atoms with E-state index in [1.807, 2.05) is 0 Å². The number of hydrazone groups is 1. The van der Waals surface area contributed by atoms with Crippen LogP contribution in [0, 0.1) is 0 Å². The van der Waals surface area contributed by atoms with E-state index in [1.165, 1.54) is 23.4 Å². The number of phenols is 1. The number of anilines is 1. The number of likely N-dealkylation sites (tertiary alicyclic amines) is 1. The molecule has 0 aliphatic carbocycles. The third-order valence-electron chi connectivity index (χ3n) is 5.33. The fourth-order valence-corrected chi connectivity index (χ4v) is 3.93. The third kappa shape index (κ3) is 4.62. The number of nitrogen functional groups attached to an aromatic ring is 1. The number of hydrogen-bond donors (Lipinski definition) is 3. The Morgan fingerprint density at radius 2 is 2.28 bits per heavy atom. The van der Waals surface area contributed by atoms with E-state index in [-0.39, 0.29) is 23.1 Å². The lowest BCUT2D eigenvalue weighted by Gasteiger charge is -2.33. The number of halogens is 1. The minimum Gasteiger partial charge on any atom is -0.507 e. The SMILES string of the molecule is C[C@@H]1CCCCN1Cc1c(C(=O)N/N=C/c2cc(Br)ccc2O)nnn1-c1nonc1N. The number of piperidine rings is 1. The number of carbonyl (C=O) groups excluding carboxylic acids is 1. The minimum atomic E-state index is -0.559. The van der Waals surface area contributed by atoms with Gasteiger partial charge < -0.3 is 10.8 Å². The molecule has 4 N–H and O–H groups in total. The summed E-state index contributed by atoms with van der Waals surface area (Å²) in [4.78, 5) is 15.1. The monoisotopic (exact) mass is 503 g/mol. The number of benzene rings is 1. The first kappa shape index (κ1) is 21.9. The van der Waals surface area contributed by atoms with Gasteiger partial charge in [0.05, 0.1) is 11.9 Å². The molecule has 0 saturated carbocycles. The fourth-order valence-electron chi connectivity index (χ4n) is 3.55. The van der Waals surface area contributed by atoms with Crippen LogP contribution in [0.25, 0.3) is 5.82 Å². The number of nitrogens with zero attached hydrogens (tertiary/aromatic N) is 7. The van der Waals surface area contributed by atoms with Crippen LogP contribution in [0.5, 0.6) is 5.75 Å². The molecule has 0 radical (unpaired) electrons. The highest BCUT2D eigenvalue weighted by Gasteiger charge is 2.28. The first-order valence-corrected chi connectivity index (χ1v) is 10.8. The molecule has 1 atom stereocenters. The highest BCUT2D eigenvalue weighted by Crippen LogP contribution is 2.23. The molecule has 0 unspecified atom stereocenters. The number of rotatable bonds is 6. The highest BCUT2D eigenvalue weighted by molar-refractivity contribution is 9.10. The van der Waals surface area contributed by atoms with E-state index in [9.17, 15) is 9.90 Å². The highest BCUT2D eigenvalue weighted by atomic mass is 79.9. The first-order valence-electron chi connectivity index (χ1n) is 10.0. The predicted molar refractivity (Wildman–Crippen MR) is 118 cm³/mol. The maximum absolute atomic E-state index is 12.9. The van der Waals surface area contributed by atoms with Crippen LogP contribution in [0.2, 0.25) is 0 Å². The van der Waals surface area contributed by atoms with Gasteiger partial charge in [-0.05, 0) is 54.8 Å². The molecule has 3 heterocycles. The van der Waals surface area contributed by atoms with Crippen LogP contribution in [-0.4, -0.2) is 60.0 Å². The topological polar surface area (TPSA) is 161 Å². The maximum Gasteiger partial charge on any atom is 0.293 e. The molecule has 0 spiro atoms. The first-order chi connectivity index (χ1) is 15.4. The summed E-state index contributed by atoms with van der Waals surface area (Å²) in [5.41, 5.74) is 9.29. The van der Waals surface area contributed by atoms with E-state index in [0.29, 0.717) is 23.8 Å². The van der Waals surface area contributed by atoms with E-state index in [4.69, 9.17) is 10.4 Å². The van der Waals surface area contributed by atoms with Crippen molar-refractivity contribution in [3.63, 3.8) is 0 Å². The van der Waals surface area contributed by atoms with Crippen molar-refractivity contribution in [2.24, 2.45) is 5.10 Å². The quantitative estimate of drug-likeness (QED) is 0.336. The Balaban J connectivity index is 1.60. The van der Waals surface area contributed by atoms with Crippen LogP contribution in [0.15, 0.2) is 32.4 Å². The van der Waals surface area contributed by atoms with Gasteiger partial charge in [-0.3, -0.25) is 9.69 Å². The van der Waals surface area contributed by atoms with Gasteiger partial charge in [-0.1, -0.05) is 27.6 Å². The molecule has 13 heteroatoms. The average Bonchev–Trinajstić information content (AvgIpc) is 3.38. The molecule has 1 fully saturated rings. The molecule has 1 aromatic carbocycles. The summed E-state index contributed by atoms with van der Waals surface area (Å²) in [6, 6.07) is 5.23. The number of amides is 1. The van der Waals surface area contributed by atoms with E-state index in [0.717, 1.165) is 23.9 Å². The van der Waals surface area contributed by atoms with Crippen LogP contribution >= 0.6 is 15.9 Å². The number of phenolic OH excluding ortho intramolecular Hbond substituents is 1. The second-order valence-corrected chi connectivity index (χ2v) is 8.40. The minimum absolute atomic E-state index is 0.0333. The maximum atomic E-state index is 12.9. The van der Waals surface area contributed by atoms with Crippen LogP contribution in [0.4, 0.5) is 5.82 Å². The smallest absolute Gasteiger partial charge is 0.293 e. The lowest BCUT2D eigenvalue weighted by molar-refractivity contribution is 0.0945. The van der Waals surface area contributed by atoms with Crippen molar-refractivity contribution in [2.45, 2.75) is 38.8 Å². The Labute approximate surface area is 191 Å². The molecular weight excluding hydrogens is 482 g/mol. The Morgan fingerprint density at radius 1 is 1.44 bits per heavy atom. The second kappa shape index (κ2) is 9.44. The summed E-state index contributed by atoms with van der Waals surface area (Å²) in [6.07, 6.45) is 4.65. The normalized spacial score (nSPS) is 17.1. The van der Waals surface area contributed by atoms with E-state index in [1.54, 1.807) is 12.1 Å². The standard InChI is InChI=1S/C19H22BrN9O3/c1-11-4-2-3-7-28(11)10-14-16(23-27-29(14)18-17(21)25-32-26-18)19(31)24-22-9-12-8-13(20)5-6-15(12)30/h5-6,8-9,11,30H,2-4,7,10H2,1H3,(H2,21,25)(H,24,31)/b22-9+/t11-/m1/s1. The van der Waals surface area contributed by atoms with Gasteiger partial charge in [0.1, 0.15) is 5.75 Å². The van der Waals surface area contributed by atoms with Crippen molar-refractivity contribution in [1.29, 1.82) is 0 Å².